The summed E-state index contributed by atoms with van der Waals surface area (Å²) >= 11 is 0. The van der Waals surface area contributed by atoms with Gasteiger partial charge in [-0.15, -0.1) is 24.0 Å². The highest BCUT2D eigenvalue weighted by Crippen LogP contribution is 2.34. The molecule has 6 nitrogen and oxygen atoms in total. The molecule has 130 valence electrons. The van der Waals surface area contributed by atoms with Crippen molar-refractivity contribution in [3.8, 4) is 0 Å². The van der Waals surface area contributed by atoms with Crippen LogP contribution in [0.3, 0.4) is 0 Å². The average Bonchev–Trinajstić information content (AvgIpc) is 3.25. The van der Waals surface area contributed by atoms with Crippen LogP contribution in [0, 0.1) is 5.92 Å². The Balaban J connectivity index is 0.00000192. The Hall–Kier alpha value is -0.830. The van der Waals surface area contributed by atoms with Gasteiger partial charge in [-0.1, -0.05) is 12.8 Å². The van der Waals surface area contributed by atoms with Crippen molar-refractivity contribution in [2.75, 3.05) is 13.2 Å². The smallest absolute Gasteiger partial charge is 0.188 e. The Labute approximate surface area is 155 Å². The molecular weight excluding hydrogens is 405 g/mol. The summed E-state index contributed by atoms with van der Waals surface area (Å²) in [5.74, 6) is 0.965. The van der Waals surface area contributed by atoms with Crippen LogP contribution in [0.5, 0.6) is 0 Å². The number of ether oxygens (including phenoxy) is 1. The fourth-order valence-corrected chi connectivity index (χ4v) is 3.54. The fraction of sp³-hybridized carbons (Fsp3) is 0.750. The van der Waals surface area contributed by atoms with E-state index >= 15 is 0 Å². The molecule has 7 heteroatoms. The first-order valence-corrected chi connectivity index (χ1v) is 8.47. The minimum Gasteiger partial charge on any atom is -0.372 e. The molecule has 0 aromatic carbocycles. The molecule has 1 aromatic rings. The second kappa shape index (κ2) is 8.86. The van der Waals surface area contributed by atoms with Crippen molar-refractivity contribution >= 4 is 29.9 Å². The Kier molecular flexibility index (Phi) is 7.13. The van der Waals surface area contributed by atoms with E-state index in [1.807, 2.05) is 10.9 Å². The first-order chi connectivity index (χ1) is 10.8. The van der Waals surface area contributed by atoms with Crippen molar-refractivity contribution in [3.05, 3.63) is 18.0 Å². The van der Waals surface area contributed by atoms with Gasteiger partial charge in [-0.2, -0.15) is 5.10 Å². The maximum Gasteiger partial charge on any atom is 0.188 e. The number of hydrogen-bond donors (Lipinski definition) is 2. The highest BCUT2D eigenvalue weighted by Gasteiger charge is 2.31. The van der Waals surface area contributed by atoms with E-state index in [0.717, 1.165) is 25.3 Å². The summed E-state index contributed by atoms with van der Waals surface area (Å²) < 4.78 is 7.93. The van der Waals surface area contributed by atoms with Gasteiger partial charge in [0.15, 0.2) is 5.96 Å². The maximum absolute atomic E-state index is 6.03. The number of aromatic nitrogens is 2. The molecule has 3 N–H and O–H groups in total. The second-order valence-electron chi connectivity index (χ2n) is 6.26. The van der Waals surface area contributed by atoms with Crippen molar-refractivity contribution in [2.45, 2.75) is 57.7 Å². The number of aliphatic imine (C=N–C) groups is 1. The molecule has 0 bridgehead atoms. The van der Waals surface area contributed by atoms with Gasteiger partial charge in [0.25, 0.3) is 0 Å². The van der Waals surface area contributed by atoms with Crippen molar-refractivity contribution in [1.82, 2.24) is 15.1 Å². The van der Waals surface area contributed by atoms with Crippen molar-refractivity contribution in [2.24, 2.45) is 16.6 Å². The lowest BCUT2D eigenvalue weighted by molar-refractivity contribution is 0.0851. The van der Waals surface area contributed by atoms with Gasteiger partial charge in [-0.25, -0.2) is 0 Å². The lowest BCUT2D eigenvalue weighted by Crippen LogP contribution is -2.39. The van der Waals surface area contributed by atoms with Gasteiger partial charge in [0.1, 0.15) is 6.10 Å². The van der Waals surface area contributed by atoms with Gasteiger partial charge in [0.05, 0.1) is 5.69 Å². The molecule has 2 atom stereocenters. The van der Waals surface area contributed by atoms with E-state index in [9.17, 15) is 0 Å². The van der Waals surface area contributed by atoms with Crippen molar-refractivity contribution in [1.29, 1.82) is 0 Å². The fourth-order valence-electron chi connectivity index (χ4n) is 3.54. The number of guanidine groups is 1. The summed E-state index contributed by atoms with van der Waals surface area (Å²) in [7, 11) is 0. The van der Waals surface area contributed by atoms with E-state index in [-0.39, 0.29) is 30.1 Å². The SMILES string of the molecule is CCn1nccc1[C@@H]1OCC[C@H]1CN=C(N)NC1CCCC1.I. The molecule has 23 heavy (non-hydrogen) atoms. The van der Waals surface area contributed by atoms with E-state index in [2.05, 4.69) is 28.4 Å². The van der Waals surface area contributed by atoms with Crippen LogP contribution in [-0.2, 0) is 11.3 Å². The normalized spacial score (nSPS) is 25.5. The van der Waals surface area contributed by atoms with Crippen LogP contribution in [0.15, 0.2) is 17.3 Å². The molecule has 2 aliphatic rings. The monoisotopic (exact) mass is 433 g/mol. The maximum atomic E-state index is 6.03. The molecule has 0 amide bonds. The topological polar surface area (TPSA) is 77.5 Å². The molecule has 0 spiro atoms. The molecular formula is C16H28IN5O. The predicted octanol–water partition coefficient (Wildman–Crippen LogP) is 2.45. The second-order valence-corrected chi connectivity index (χ2v) is 6.26. The van der Waals surface area contributed by atoms with Crippen molar-refractivity contribution < 1.29 is 4.74 Å². The lowest BCUT2D eigenvalue weighted by Gasteiger charge is -2.19. The van der Waals surface area contributed by atoms with Gasteiger partial charge >= 0.3 is 0 Å². The van der Waals surface area contributed by atoms with Gasteiger partial charge in [0.2, 0.25) is 0 Å². The number of rotatable bonds is 5. The molecule has 0 radical (unpaired) electrons. The minimum atomic E-state index is 0. The number of nitrogens with zero attached hydrogens (tertiary/aromatic N) is 3. The zero-order valence-corrected chi connectivity index (χ0v) is 16.1. The van der Waals surface area contributed by atoms with Crippen LogP contribution in [0.4, 0.5) is 0 Å². The van der Waals surface area contributed by atoms with Crippen LogP contribution in [-0.4, -0.2) is 34.9 Å². The number of nitrogens with two attached hydrogens (primary N) is 1. The third-order valence-corrected chi connectivity index (χ3v) is 4.76. The van der Waals surface area contributed by atoms with E-state index < -0.39 is 0 Å². The van der Waals surface area contributed by atoms with E-state index in [1.54, 1.807) is 0 Å². The molecule has 2 fully saturated rings. The summed E-state index contributed by atoms with van der Waals surface area (Å²) in [6.45, 7) is 4.46. The highest BCUT2D eigenvalue weighted by atomic mass is 127. The van der Waals surface area contributed by atoms with Crippen molar-refractivity contribution in [3.63, 3.8) is 0 Å². The van der Waals surface area contributed by atoms with Crippen LogP contribution in [0.1, 0.15) is 50.8 Å². The molecule has 3 rings (SSSR count). The number of halogens is 1. The summed E-state index contributed by atoms with van der Waals surface area (Å²) in [5.41, 5.74) is 7.19. The molecule has 1 aliphatic carbocycles. The van der Waals surface area contributed by atoms with E-state index in [0.29, 0.717) is 24.5 Å². The Morgan fingerprint density at radius 3 is 2.96 bits per heavy atom. The quantitative estimate of drug-likeness (QED) is 0.425. The zero-order valence-electron chi connectivity index (χ0n) is 13.8. The molecule has 2 heterocycles. The number of nitrogens with one attached hydrogen (secondary N) is 1. The van der Waals surface area contributed by atoms with Crippen LogP contribution >= 0.6 is 24.0 Å². The Morgan fingerprint density at radius 1 is 1.43 bits per heavy atom. The number of aryl methyl sites for hydroxylation is 1. The Morgan fingerprint density at radius 2 is 2.22 bits per heavy atom. The molecule has 0 unspecified atom stereocenters. The standard InChI is InChI=1S/C16H27N5O.HI/c1-2-21-14(7-9-19-21)15-12(8-10-22-15)11-18-16(17)20-13-5-3-4-6-13;/h7,9,12-13,15H,2-6,8,10-11H2,1H3,(H3,17,18,20);1H/t12-,15+;/m0./s1. The van der Waals surface area contributed by atoms with Gasteiger partial charge in [-0.05, 0) is 32.3 Å². The van der Waals surface area contributed by atoms with Gasteiger partial charge < -0.3 is 15.8 Å². The van der Waals surface area contributed by atoms with Crippen LogP contribution in [0.2, 0.25) is 0 Å². The summed E-state index contributed by atoms with van der Waals surface area (Å²) in [5, 5.41) is 7.69. The molecule has 1 aliphatic heterocycles. The van der Waals surface area contributed by atoms with Crippen LogP contribution < -0.4 is 11.1 Å². The van der Waals surface area contributed by atoms with Gasteiger partial charge in [0, 0.05) is 37.9 Å². The predicted molar refractivity (Wildman–Crippen MR) is 102 cm³/mol. The number of hydrogen-bond acceptors (Lipinski definition) is 3. The molecule has 1 aromatic heterocycles. The third kappa shape index (κ3) is 4.59. The highest BCUT2D eigenvalue weighted by molar-refractivity contribution is 14.0. The summed E-state index contributed by atoms with van der Waals surface area (Å²) in [6, 6.07) is 2.57. The lowest BCUT2D eigenvalue weighted by atomic mass is 9.99. The largest absolute Gasteiger partial charge is 0.372 e. The molecule has 1 saturated heterocycles. The minimum absolute atomic E-state index is 0. The molecule has 1 saturated carbocycles. The zero-order chi connectivity index (χ0) is 15.4. The first kappa shape index (κ1) is 18.5. The van der Waals surface area contributed by atoms with Gasteiger partial charge in [-0.3, -0.25) is 9.67 Å². The Bertz CT molecular complexity index is 512. The van der Waals surface area contributed by atoms with E-state index in [1.165, 1.54) is 25.7 Å². The summed E-state index contributed by atoms with van der Waals surface area (Å²) in [4.78, 5) is 4.56. The summed E-state index contributed by atoms with van der Waals surface area (Å²) in [6.07, 6.45) is 7.97. The van der Waals surface area contributed by atoms with E-state index in [4.69, 9.17) is 10.5 Å². The average molecular weight is 433 g/mol. The van der Waals surface area contributed by atoms with Crippen LogP contribution in [0.25, 0.3) is 0 Å². The first-order valence-electron chi connectivity index (χ1n) is 8.47. The third-order valence-electron chi connectivity index (χ3n) is 4.76.